The van der Waals surface area contributed by atoms with Gasteiger partial charge < -0.3 is 9.47 Å². The number of carbonyl (C=O) groups is 1. The number of thiazole rings is 1. The molecular weight excluding hydrogens is 395 g/mol. The maximum Gasteiger partial charge on any atom is 0.357 e. The molecule has 0 atom stereocenters. The number of benzene rings is 1. The van der Waals surface area contributed by atoms with Crippen molar-refractivity contribution in [3.8, 4) is 0 Å². The van der Waals surface area contributed by atoms with Crippen LogP contribution in [0.2, 0.25) is 0 Å². The normalized spacial score (nSPS) is 11.7. The van der Waals surface area contributed by atoms with Crippen LogP contribution in [0.3, 0.4) is 0 Å². The first-order valence-corrected chi connectivity index (χ1v) is 10.6. The number of rotatable bonds is 10. The predicted molar refractivity (Wildman–Crippen MR) is 98.6 cm³/mol. The molecule has 0 aliphatic heterocycles. The lowest BCUT2D eigenvalue weighted by atomic mass is 10.4. The second kappa shape index (κ2) is 9.88. The summed E-state index contributed by atoms with van der Waals surface area (Å²) < 4.78 is 50.2. The number of carbonyl (C=O) groups excluding carboxylic acids is 1. The Morgan fingerprint density at radius 1 is 1.30 bits per heavy atom. The van der Waals surface area contributed by atoms with E-state index >= 15 is 0 Å². The fourth-order valence-electron chi connectivity index (χ4n) is 2.26. The molecule has 0 spiro atoms. The molecule has 0 fully saturated rings. The van der Waals surface area contributed by atoms with Crippen molar-refractivity contribution >= 4 is 27.3 Å². The van der Waals surface area contributed by atoms with Crippen molar-refractivity contribution in [2.75, 3.05) is 26.9 Å². The van der Waals surface area contributed by atoms with E-state index in [-0.39, 0.29) is 23.7 Å². The van der Waals surface area contributed by atoms with E-state index in [4.69, 9.17) is 4.74 Å². The molecule has 0 aliphatic carbocycles. The Kier molecular flexibility index (Phi) is 7.84. The van der Waals surface area contributed by atoms with E-state index in [1.165, 1.54) is 40.3 Å². The maximum absolute atomic E-state index is 13.1. The highest BCUT2D eigenvalue weighted by molar-refractivity contribution is 7.89. The van der Waals surface area contributed by atoms with Crippen LogP contribution in [-0.2, 0) is 26.0 Å². The highest BCUT2D eigenvalue weighted by Crippen LogP contribution is 2.21. The standard InChI is InChI=1S/C17H21FN2O5S2/c1-3-25-10-4-9-20(11-16-19-15(12-26-16)17(21)24-2)27(22,23)14-7-5-13(18)6-8-14/h5-8,12H,3-4,9-11H2,1-2H3. The Morgan fingerprint density at radius 2 is 2.00 bits per heavy atom. The summed E-state index contributed by atoms with van der Waals surface area (Å²) in [6.07, 6.45) is 0.490. The minimum absolute atomic E-state index is 0.00645. The Hall–Kier alpha value is -1.88. The second-order valence-corrected chi connectivity index (χ2v) is 8.34. The van der Waals surface area contributed by atoms with Gasteiger partial charge in [-0.3, -0.25) is 0 Å². The first-order valence-electron chi connectivity index (χ1n) is 8.24. The topological polar surface area (TPSA) is 85.8 Å². The fourth-order valence-corrected chi connectivity index (χ4v) is 4.56. The number of methoxy groups -OCH3 is 1. The number of hydrogen-bond acceptors (Lipinski definition) is 7. The summed E-state index contributed by atoms with van der Waals surface area (Å²) in [5.74, 6) is -1.10. The van der Waals surface area contributed by atoms with Gasteiger partial charge in [-0.15, -0.1) is 11.3 Å². The van der Waals surface area contributed by atoms with Gasteiger partial charge in [0, 0.05) is 25.1 Å². The number of hydrogen-bond donors (Lipinski definition) is 0. The summed E-state index contributed by atoms with van der Waals surface area (Å²) in [7, 11) is -2.61. The van der Waals surface area contributed by atoms with Crippen LogP contribution in [0.25, 0.3) is 0 Å². The summed E-state index contributed by atoms with van der Waals surface area (Å²) in [6, 6.07) is 4.65. The number of halogens is 1. The first-order chi connectivity index (χ1) is 12.9. The fraction of sp³-hybridized carbons (Fsp3) is 0.412. The zero-order chi connectivity index (χ0) is 19.9. The molecule has 1 aromatic carbocycles. The average molecular weight is 416 g/mol. The molecule has 7 nitrogen and oxygen atoms in total. The first kappa shape index (κ1) is 21.4. The minimum Gasteiger partial charge on any atom is -0.464 e. The van der Waals surface area contributed by atoms with Crippen molar-refractivity contribution in [3.63, 3.8) is 0 Å². The van der Waals surface area contributed by atoms with Crippen LogP contribution in [0.1, 0.15) is 28.8 Å². The predicted octanol–water partition coefficient (Wildman–Crippen LogP) is 2.69. The molecule has 0 saturated heterocycles. The van der Waals surface area contributed by atoms with Crippen molar-refractivity contribution < 1.29 is 27.1 Å². The third kappa shape index (κ3) is 5.80. The number of sulfonamides is 1. The lowest BCUT2D eigenvalue weighted by Gasteiger charge is -2.21. The molecule has 0 radical (unpaired) electrons. The Morgan fingerprint density at radius 3 is 2.63 bits per heavy atom. The van der Waals surface area contributed by atoms with Gasteiger partial charge in [-0.05, 0) is 37.6 Å². The zero-order valence-corrected chi connectivity index (χ0v) is 16.7. The highest BCUT2D eigenvalue weighted by atomic mass is 32.2. The monoisotopic (exact) mass is 416 g/mol. The molecule has 10 heteroatoms. The van der Waals surface area contributed by atoms with E-state index in [9.17, 15) is 17.6 Å². The number of aromatic nitrogens is 1. The van der Waals surface area contributed by atoms with E-state index < -0.39 is 21.8 Å². The van der Waals surface area contributed by atoms with Crippen molar-refractivity contribution in [2.24, 2.45) is 0 Å². The van der Waals surface area contributed by atoms with Gasteiger partial charge in [0.2, 0.25) is 10.0 Å². The van der Waals surface area contributed by atoms with Gasteiger partial charge in [-0.2, -0.15) is 4.31 Å². The molecule has 27 heavy (non-hydrogen) atoms. The summed E-state index contributed by atoms with van der Waals surface area (Å²) >= 11 is 1.17. The van der Waals surface area contributed by atoms with Crippen LogP contribution >= 0.6 is 11.3 Å². The van der Waals surface area contributed by atoms with E-state index in [2.05, 4.69) is 9.72 Å². The average Bonchev–Trinajstić information content (AvgIpc) is 3.12. The molecule has 1 aromatic heterocycles. The van der Waals surface area contributed by atoms with Gasteiger partial charge in [0.25, 0.3) is 0 Å². The maximum atomic E-state index is 13.1. The van der Waals surface area contributed by atoms with Gasteiger partial charge in [-0.1, -0.05) is 0 Å². The summed E-state index contributed by atoms with van der Waals surface area (Å²) in [6.45, 7) is 3.01. The molecule has 0 unspecified atom stereocenters. The molecule has 2 aromatic rings. The molecular formula is C17H21FN2O5S2. The molecule has 0 saturated carbocycles. The summed E-state index contributed by atoms with van der Waals surface area (Å²) in [5, 5.41) is 1.97. The Balaban J connectivity index is 2.23. The molecule has 0 bridgehead atoms. The largest absolute Gasteiger partial charge is 0.464 e. The van der Waals surface area contributed by atoms with Crippen molar-refractivity contribution in [1.29, 1.82) is 0 Å². The van der Waals surface area contributed by atoms with E-state index in [1.54, 1.807) is 0 Å². The number of ether oxygens (including phenoxy) is 2. The number of nitrogens with zero attached hydrogens (tertiary/aromatic N) is 2. The second-order valence-electron chi connectivity index (χ2n) is 5.46. The minimum atomic E-state index is -3.86. The molecule has 0 amide bonds. The van der Waals surface area contributed by atoms with E-state index in [0.29, 0.717) is 24.6 Å². The van der Waals surface area contributed by atoms with Crippen LogP contribution in [0, 0.1) is 5.82 Å². The molecule has 2 rings (SSSR count). The van der Waals surface area contributed by atoms with Crippen LogP contribution < -0.4 is 0 Å². The van der Waals surface area contributed by atoms with Crippen molar-refractivity contribution in [1.82, 2.24) is 9.29 Å². The summed E-state index contributed by atoms with van der Waals surface area (Å²) in [5.41, 5.74) is 0.131. The van der Waals surface area contributed by atoms with Gasteiger partial charge in [0.1, 0.15) is 10.8 Å². The molecule has 1 heterocycles. The quantitative estimate of drug-likeness (QED) is 0.437. The number of esters is 1. The lowest BCUT2D eigenvalue weighted by Crippen LogP contribution is -2.32. The molecule has 0 N–H and O–H groups in total. The Bertz CT molecular complexity index is 852. The summed E-state index contributed by atoms with van der Waals surface area (Å²) in [4.78, 5) is 15.7. The van der Waals surface area contributed by atoms with Crippen LogP contribution in [0.5, 0.6) is 0 Å². The molecule has 0 aliphatic rings. The third-order valence-electron chi connectivity index (χ3n) is 3.61. The Labute approximate surface area is 161 Å². The zero-order valence-electron chi connectivity index (χ0n) is 15.1. The van der Waals surface area contributed by atoms with Crippen LogP contribution in [0.15, 0.2) is 34.5 Å². The van der Waals surface area contributed by atoms with Crippen molar-refractivity contribution in [2.45, 2.75) is 24.8 Å². The van der Waals surface area contributed by atoms with Gasteiger partial charge >= 0.3 is 5.97 Å². The van der Waals surface area contributed by atoms with E-state index in [1.807, 2.05) is 6.92 Å². The van der Waals surface area contributed by atoms with Gasteiger partial charge in [0.15, 0.2) is 5.69 Å². The van der Waals surface area contributed by atoms with Crippen LogP contribution in [-0.4, -0.2) is 50.5 Å². The highest BCUT2D eigenvalue weighted by Gasteiger charge is 2.26. The van der Waals surface area contributed by atoms with Crippen LogP contribution in [0.4, 0.5) is 4.39 Å². The van der Waals surface area contributed by atoms with Gasteiger partial charge in [0.05, 0.1) is 18.6 Å². The van der Waals surface area contributed by atoms with Gasteiger partial charge in [-0.25, -0.2) is 22.6 Å². The van der Waals surface area contributed by atoms with Crippen molar-refractivity contribution in [3.05, 3.63) is 46.2 Å². The molecule has 148 valence electrons. The smallest absolute Gasteiger partial charge is 0.357 e. The van der Waals surface area contributed by atoms with E-state index in [0.717, 1.165) is 12.1 Å². The lowest BCUT2D eigenvalue weighted by molar-refractivity contribution is 0.0594. The SMILES string of the molecule is CCOCCCN(Cc1nc(C(=O)OC)cs1)S(=O)(=O)c1ccc(F)cc1. The third-order valence-corrected chi connectivity index (χ3v) is 6.30.